The van der Waals surface area contributed by atoms with E-state index in [0.717, 1.165) is 0 Å². The van der Waals surface area contributed by atoms with Gasteiger partial charge in [0.15, 0.2) is 5.11 Å². The lowest BCUT2D eigenvalue weighted by atomic mass is 10.3. The van der Waals surface area contributed by atoms with Crippen molar-refractivity contribution in [3.63, 3.8) is 0 Å². The minimum Gasteiger partial charge on any atom is -0.450 e. The highest BCUT2D eigenvalue weighted by Crippen LogP contribution is 2.18. The van der Waals surface area contributed by atoms with Crippen LogP contribution in [0.3, 0.4) is 0 Å². The van der Waals surface area contributed by atoms with E-state index in [1.807, 2.05) is 4.90 Å². The molecule has 1 amide bonds. The summed E-state index contributed by atoms with van der Waals surface area (Å²) in [5, 5.41) is 3.56. The standard InChI is InChI=1S/C15H19F2N3O3S/c1-2-22-15(21)20-9-7-19(8-10-20)14(24)18-11-3-5-12(6-4-11)23-13(16)17/h3-6,13H,2,7-10H2,1H3,(H,18,24). The number of halogens is 2. The molecule has 0 bridgehead atoms. The average Bonchev–Trinajstić information content (AvgIpc) is 2.56. The zero-order chi connectivity index (χ0) is 17.5. The van der Waals surface area contributed by atoms with E-state index in [9.17, 15) is 13.6 Å². The summed E-state index contributed by atoms with van der Waals surface area (Å²) in [6.07, 6.45) is -0.314. The van der Waals surface area contributed by atoms with Gasteiger partial charge in [-0.15, -0.1) is 0 Å². The van der Waals surface area contributed by atoms with Crippen LogP contribution in [0.2, 0.25) is 0 Å². The monoisotopic (exact) mass is 359 g/mol. The van der Waals surface area contributed by atoms with Crippen molar-refractivity contribution in [2.45, 2.75) is 13.5 Å². The Morgan fingerprint density at radius 3 is 2.33 bits per heavy atom. The van der Waals surface area contributed by atoms with Gasteiger partial charge in [0.05, 0.1) is 6.61 Å². The Labute approximate surface area is 144 Å². The molecule has 0 spiro atoms. The molecule has 0 saturated carbocycles. The van der Waals surface area contributed by atoms with Gasteiger partial charge in [-0.2, -0.15) is 8.78 Å². The van der Waals surface area contributed by atoms with Gasteiger partial charge in [-0.3, -0.25) is 0 Å². The lowest BCUT2D eigenvalue weighted by Gasteiger charge is -2.35. The predicted octanol–water partition coefficient (Wildman–Crippen LogP) is 2.76. The van der Waals surface area contributed by atoms with Crippen LogP contribution in [-0.2, 0) is 4.74 Å². The molecule has 24 heavy (non-hydrogen) atoms. The molecule has 0 radical (unpaired) electrons. The molecule has 1 saturated heterocycles. The maximum Gasteiger partial charge on any atom is 0.409 e. The zero-order valence-electron chi connectivity index (χ0n) is 13.2. The van der Waals surface area contributed by atoms with Gasteiger partial charge < -0.3 is 24.6 Å². The minimum atomic E-state index is -2.85. The summed E-state index contributed by atoms with van der Waals surface area (Å²) in [6, 6.07) is 6.10. The van der Waals surface area contributed by atoms with Gasteiger partial charge in [-0.05, 0) is 43.4 Å². The first kappa shape index (κ1) is 18.2. The topological polar surface area (TPSA) is 54.0 Å². The number of nitrogens with zero attached hydrogens (tertiary/aromatic N) is 2. The second kappa shape index (κ2) is 8.62. The third-order valence-corrected chi connectivity index (χ3v) is 3.78. The van der Waals surface area contributed by atoms with E-state index < -0.39 is 6.61 Å². The number of thiocarbonyl (C=S) groups is 1. The van der Waals surface area contributed by atoms with E-state index in [0.29, 0.717) is 43.6 Å². The van der Waals surface area contributed by atoms with Crippen LogP contribution in [-0.4, -0.2) is 60.4 Å². The first-order valence-electron chi connectivity index (χ1n) is 7.52. The predicted molar refractivity (Wildman–Crippen MR) is 89.5 cm³/mol. The largest absolute Gasteiger partial charge is 0.450 e. The lowest BCUT2D eigenvalue weighted by molar-refractivity contribution is -0.0498. The summed E-state index contributed by atoms with van der Waals surface area (Å²) in [5.41, 5.74) is 0.675. The number of hydrogen-bond donors (Lipinski definition) is 1. The molecule has 1 heterocycles. The Morgan fingerprint density at radius 2 is 1.79 bits per heavy atom. The number of benzene rings is 1. The molecule has 1 aromatic carbocycles. The molecular weight excluding hydrogens is 340 g/mol. The van der Waals surface area contributed by atoms with Crippen LogP contribution in [0.15, 0.2) is 24.3 Å². The molecule has 132 valence electrons. The normalized spacial score (nSPS) is 14.5. The van der Waals surface area contributed by atoms with Gasteiger partial charge >= 0.3 is 12.7 Å². The fourth-order valence-corrected chi connectivity index (χ4v) is 2.53. The van der Waals surface area contributed by atoms with Crippen molar-refractivity contribution in [1.82, 2.24) is 9.80 Å². The minimum absolute atomic E-state index is 0.0875. The second-order valence-corrected chi connectivity index (χ2v) is 5.39. The van der Waals surface area contributed by atoms with Gasteiger partial charge in [0, 0.05) is 31.9 Å². The molecule has 1 fully saturated rings. The fraction of sp³-hybridized carbons (Fsp3) is 0.467. The summed E-state index contributed by atoms with van der Waals surface area (Å²) in [7, 11) is 0. The van der Waals surface area contributed by atoms with E-state index in [1.54, 1.807) is 24.0 Å². The first-order chi connectivity index (χ1) is 11.5. The molecule has 1 aliphatic heterocycles. The molecule has 0 aliphatic carbocycles. The molecule has 0 atom stereocenters. The molecular formula is C15H19F2N3O3S. The summed E-state index contributed by atoms with van der Waals surface area (Å²) < 4.78 is 33.5. The highest BCUT2D eigenvalue weighted by Gasteiger charge is 2.23. The van der Waals surface area contributed by atoms with Crippen molar-refractivity contribution < 1.29 is 23.0 Å². The van der Waals surface area contributed by atoms with E-state index in [4.69, 9.17) is 17.0 Å². The highest BCUT2D eigenvalue weighted by molar-refractivity contribution is 7.80. The third-order valence-electron chi connectivity index (χ3n) is 3.42. The number of alkyl halides is 2. The molecule has 1 aliphatic rings. The summed E-state index contributed by atoms with van der Waals surface area (Å²) in [4.78, 5) is 15.2. The van der Waals surface area contributed by atoms with Crippen molar-refractivity contribution in [1.29, 1.82) is 0 Å². The van der Waals surface area contributed by atoms with E-state index in [-0.39, 0.29) is 11.8 Å². The van der Waals surface area contributed by atoms with Gasteiger partial charge in [0.2, 0.25) is 0 Å². The van der Waals surface area contributed by atoms with Gasteiger partial charge in [-0.25, -0.2) is 4.79 Å². The van der Waals surface area contributed by atoms with Crippen molar-refractivity contribution in [3.8, 4) is 5.75 Å². The van der Waals surface area contributed by atoms with Crippen LogP contribution < -0.4 is 10.1 Å². The van der Waals surface area contributed by atoms with Crippen LogP contribution in [0.25, 0.3) is 0 Å². The van der Waals surface area contributed by atoms with Crippen LogP contribution in [0.4, 0.5) is 19.3 Å². The SMILES string of the molecule is CCOC(=O)N1CCN(C(=S)Nc2ccc(OC(F)F)cc2)CC1. The molecule has 9 heteroatoms. The summed E-state index contributed by atoms with van der Waals surface area (Å²) in [6.45, 7) is 1.52. The van der Waals surface area contributed by atoms with E-state index in [1.165, 1.54) is 12.1 Å². The summed E-state index contributed by atoms with van der Waals surface area (Å²) in [5.74, 6) is 0.0875. The number of rotatable bonds is 4. The average molecular weight is 359 g/mol. The number of carbonyl (C=O) groups excluding carboxylic acids is 1. The van der Waals surface area contributed by atoms with Gasteiger partial charge in [-0.1, -0.05) is 0 Å². The first-order valence-corrected chi connectivity index (χ1v) is 7.93. The van der Waals surface area contributed by atoms with Crippen LogP contribution >= 0.6 is 12.2 Å². The van der Waals surface area contributed by atoms with Crippen molar-refractivity contribution in [2.75, 3.05) is 38.1 Å². The Kier molecular flexibility index (Phi) is 6.53. The number of carbonyl (C=O) groups is 1. The van der Waals surface area contributed by atoms with Gasteiger partial charge in [0.25, 0.3) is 0 Å². The zero-order valence-corrected chi connectivity index (χ0v) is 14.0. The summed E-state index contributed by atoms with van der Waals surface area (Å²) >= 11 is 5.34. The Morgan fingerprint density at radius 1 is 1.21 bits per heavy atom. The number of amides is 1. The molecule has 6 nitrogen and oxygen atoms in total. The fourth-order valence-electron chi connectivity index (χ4n) is 2.23. The van der Waals surface area contributed by atoms with Crippen LogP contribution in [0.1, 0.15) is 6.92 Å². The smallest absolute Gasteiger partial charge is 0.409 e. The highest BCUT2D eigenvalue weighted by atomic mass is 32.1. The van der Waals surface area contributed by atoms with Crippen molar-refractivity contribution in [3.05, 3.63) is 24.3 Å². The molecule has 1 N–H and O–H groups in total. The Bertz CT molecular complexity index is 564. The molecule has 0 unspecified atom stereocenters. The van der Waals surface area contributed by atoms with Crippen LogP contribution in [0.5, 0.6) is 5.75 Å². The quantitative estimate of drug-likeness (QED) is 0.835. The molecule has 2 rings (SSSR count). The Balaban J connectivity index is 1.82. The number of hydrogen-bond acceptors (Lipinski definition) is 4. The third kappa shape index (κ3) is 5.19. The van der Waals surface area contributed by atoms with Crippen molar-refractivity contribution in [2.24, 2.45) is 0 Å². The number of ether oxygens (including phenoxy) is 2. The Hall–Kier alpha value is -2.16. The van der Waals surface area contributed by atoms with Crippen molar-refractivity contribution >= 4 is 29.1 Å². The maximum absolute atomic E-state index is 12.1. The number of piperazine rings is 1. The van der Waals surface area contributed by atoms with E-state index in [2.05, 4.69) is 10.1 Å². The number of anilines is 1. The second-order valence-electron chi connectivity index (χ2n) is 5.01. The van der Waals surface area contributed by atoms with Gasteiger partial charge in [0.1, 0.15) is 5.75 Å². The maximum atomic E-state index is 12.1. The van der Waals surface area contributed by atoms with E-state index >= 15 is 0 Å². The van der Waals surface area contributed by atoms with Crippen LogP contribution in [0, 0.1) is 0 Å². The number of nitrogens with one attached hydrogen (secondary N) is 1. The molecule has 1 aromatic rings. The lowest BCUT2D eigenvalue weighted by Crippen LogP contribution is -2.51. The molecule has 0 aromatic heterocycles.